The topological polar surface area (TPSA) is 77.5 Å². The third-order valence-corrected chi connectivity index (χ3v) is 3.17. The standard InChI is InChI=1S/C15H15ClN2O3/c16-12-9-11(14-15(13(12)18)21-10-20-14)5-4-8-19-7-3-1-2-6-17/h9H,1-3,7-8,10,18H2. The van der Waals surface area contributed by atoms with Gasteiger partial charge in [-0.05, 0) is 18.9 Å². The summed E-state index contributed by atoms with van der Waals surface area (Å²) in [5.41, 5.74) is 6.80. The van der Waals surface area contributed by atoms with Crippen molar-refractivity contribution in [2.75, 3.05) is 25.7 Å². The minimum absolute atomic E-state index is 0.115. The Morgan fingerprint density at radius 1 is 1.33 bits per heavy atom. The van der Waals surface area contributed by atoms with Crippen molar-refractivity contribution in [2.24, 2.45) is 0 Å². The number of hydrogen-bond acceptors (Lipinski definition) is 5. The van der Waals surface area contributed by atoms with E-state index in [9.17, 15) is 0 Å². The summed E-state index contributed by atoms with van der Waals surface area (Å²) in [7, 11) is 0. The smallest absolute Gasteiger partial charge is 0.231 e. The molecule has 110 valence electrons. The Balaban J connectivity index is 1.90. The fraction of sp³-hybridized carbons (Fsp3) is 0.400. The Hall–Kier alpha value is -2.08. The van der Waals surface area contributed by atoms with Gasteiger partial charge in [0, 0.05) is 13.0 Å². The molecule has 0 unspecified atom stereocenters. The molecule has 0 amide bonds. The molecule has 6 heteroatoms. The predicted molar refractivity (Wildman–Crippen MR) is 79.1 cm³/mol. The molecular formula is C15H15ClN2O3. The lowest BCUT2D eigenvalue weighted by molar-refractivity contribution is 0.163. The molecule has 0 spiro atoms. The summed E-state index contributed by atoms with van der Waals surface area (Å²) in [4.78, 5) is 0. The van der Waals surface area contributed by atoms with E-state index in [0.29, 0.717) is 47.4 Å². The van der Waals surface area contributed by atoms with Gasteiger partial charge in [0.1, 0.15) is 6.61 Å². The molecule has 1 aliphatic heterocycles. The van der Waals surface area contributed by atoms with Crippen molar-refractivity contribution < 1.29 is 14.2 Å². The highest BCUT2D eigenvalue weighted by molar-refractivity contribution is 6.33. The number of nitrogen functional groups attached to an aromatic ring is 1. The van der Waals surface area contributed by atoms with E-state index in [1.165, 1.54) is 0 Å². The van der Waals surface area contributed by atoms with Gasteiger partial charge in [-0.15, -0.1) is 0 Å². The highest BCUT2D eigenvalue weighted by Gasteiger charge is 2.22. The van der Waals surface area contributed by atoms with Crippen LogP contribution in [0.25, 0.3) is 0 Å². The van der Waals surface area contributed by atoms with Gasteiger partial charge in [-0.3, -0.25) is 0 Å². The molecule has 0 aromatic heterocycles. The van der Waals surface area contributed by atoms with Gasteiger partial charge in [-0.2, -0.15) is 5.26 Å². The van der Waals surface area contributed by atoms with Gasteiger partial charge in [-0.1, -0.05) is 23.4 Å². The zero-order valence-electron chi connectivity index (χ0n) is 11.4. The van der Waals surface area contributed by atoms with E-state index < -0.39 is 0 Å². The predicted octanol–water partition coefficient (Wildman–Crippen LogP) is 2.71. The maximum absolute atomic E-state index is 8.40. The molecule has 0 saturated heterocycles. The minimum Gasteiger partial charge on any atom is -0.452 e. The van der Waals surface area contributed by atoms with E-state index in [2.05, 4.69) is 17.9 Å². The largest absolute Gasteiger partial charge is 0.452 e. The monoisotopic (exact) mass is 306 g/mol. The first-order valence-electron chi connectivity index (χ1n) is 6.55. The van der Waals surface area contributed by atoms with Crippen molar-refractivity contribution in [3.8, 4) is 29.4 Å². The first-order valence-corrected chi connectivity index (χ1v) is 6.93. The minimum atomic E-state index is 0.115. The second kappa shape index (κ2) is 7.64. The van der Waals surface area contributed by atoms with Crippen molar-refractivity contribution >= 4 is 17.3 Å². The van der Waals surface area contributed by atoms with Crippen LogP contribution >= 0.6 is 11.6 Å². The average molecular weight is 307 g/mol. The van der Waals surface area contributed by atoms with E-state index in [0.717, 1.165) is 12.8 Å². The number of rotatable bonds is 5. The van der Waals surface area contributed by atoms with E-state index in [-0.39, 0.29) is 6.79 Å². The number of anilines is 1. The first kappa shape index (κ1) is 15.3. The van der Waals surface area contributed by atoms with Gasteiger partial charge < -0.3 is 19.9 Å². The number of benzene rings is 1. The van der Waals surface area contributed by atoms with Crippen LogP contribution in [0.1, 0.15) is 24.8 Å². The lowest BCUT2D eigenvalue weighted by Crippen LogP contribution is -1.95. The van der Waals surface area contributed by atoms with Crippen molar-refractivity contribution in [1.29, 1.82) is 5.26 Å². The van der Waals surface area contributed by atoms with Crippen LogP contribution in [-0.4, -0.2) is 20.0 Å². The SMILES string of the molecule is N#CCCCCOCC#Cc1cc(Cl)c(N)c2c1OCO2. The number of halogens is 1. The summed E-state index contributed by atoms with van der Waals surface area (Å²) in [6, 6.07) is 3.75. The molecule has 0 bridgehead atoms. The van der Waals surface area contributed by atoms with Crippen LogP contribution < -0.4 is 15.2 Å². The number of nitrogens with two attached hydrogens (primary N) is 1. The molecule has 0 fully saturated rings. The van der Waals surface area contributed by atoms with Gasteiger partial charge in [0.05, 0.1) is 22.3 Å². The maximum Gasteiger partial charge on any atom is 0.231 e. The molecule has 2 N–H and O–H groups in total. The molecule has 0 aliphatic carbocycles. The van der Waals surface area contributed by atoms with Crippen molar-refractivity contribution in [2.45, 2.75) is 19.3 Å². The molecule has 5 nitrogen and oxygen atoms in total. The number of nitriles is 1. The molecular weight excluding hydrogens is 292 g/mol. The highest BCUT2D eigenvalue weighted by Crippen LogP contribution is 2.44. The van der Waals surface area contributed by atoms with Gasteiger partial charge in [0.15, 0.2) is 11.5 Å². The lowest BCUT2D eigenvalue weighted by Gasteiger charge is -2.04. The van der Waals surface area contributed by atoms with Crippen LogP contribution in [0.15, 0.2) is 6.07 Å². The Bertz CT molecular complexity index is 614. The van der Waals surface area contributed by atoms with Crippen LogP contribution in [0.2, 0.25) is 5.02 Å². The van der Waals surface area contributed by atoms with Crippen molar-refractivity contribution in [3.63, 3.8) is 0 Å². The van der Waals surface area contributed by atoms with E-state index in [1.807, 2.05) is 0 Å². The van der Waals surface area contributed by atoms with Crippen molar-refractivity contribution in [1.82, 2.24) is 0 Å². The quantitative estimate of drug-likeness (QED) is 0.514. The zero-order chi connectivity index (χ0) is 15.1. The van der Waals surface area contributed by atoms with Crippen molar-refractivity contribution in [3.05, 3.63) is 16.7 Å². The van der Waals surface area contributed by atoms with Crippen LogP contribution in [0.3, 0.4) is 0 Å². The highest BCUT2D eigenvalue weighted by atomic mass is 35.5. The number of nitrogens with zero attached hydrogens (tertiary/aromatic N) is 1. The second-order valence-electron chi connectivity index (χ2n) is 4.35. The van der Waals surface area contributed by atoms with E-state index in [4.69, 9.17) is 36.8 Å². The zero-order valence-corrected chi connectivity index (χ0v) is 12.2. The van der Waals surface area contributed by atoms with Gasteiger partial charge in [-0.25, -0.2) is 0 Å². The van der Waals surface area contributed by atoms with Crippen LogP contribution in [-0.2, 0) is 4.74 Å². The summed E-state index contributed by atoms with van der Waals surface area (Å²) in [6.45, 7) is 1.02. The molecule has 1 heterocycles. The Morgan fingerprint density at radius 2 is 2.14 bits per heavy atom. The molecule has 1 aromatic rings. The van der Waals surface area contributed by atoms with E-state index >= 15 is 0 Å². The normalized spacial score (nSPS) is 11.6. The van der Waals surface area contributed by atoms with Gasteiger partial charge in [0.25, 0.3) is 0 Å². The molecule has 1 aromatic carbocycles. The van der Waals surface area contributed by atoms with Crippen LogP contribution in [0.4, 0.5) is 5.69 Å². The molecule has 1 aliphatic rings. The molecule has 2 rings (SSSR count). The molecule has 0 radical (unpaired) electrons. The molecule has 0 saturated carbocycles. The third-order valence-electron chi connectivity index (χ3n) is 2.85. The Kier molecular flexibility index (Phi) is 5.57. The maximum atomic E-state index is 8.40. The van der Waals surface area contributed by atoms with E-state index in [1.54, 1.807) is 6.07 Å². The number of hydrogen-bond donors (Lipinski definition) is 1. The number of fused-ring (bicyclic) bond motifs is 1. The summed E-state index contributed by atoms with van der Waals surface area (Å²) in [5.74, 6) is 6.81. The van der Waals surface area contributed by atoms with Gasteiger partial charge >= 0.3 is 0 Å². The van der Waals surface area contributed by atoms with Gasteiger partial charge in [0.2, 0.25) is 6.79 Å². The second-order valence-corrected chi connectivity index (χ2v) is 4.76. The van der Waals surface area contributed by atoms with Crippen LogP contribution in [0.5, 0.6) is 11.5 Å². The number of ether oxygens (including phenoxy) is 3. The molecule has 21 heavy (non-hydrogen) atoms. The lowest BCUT2D eigenvalue weighted by atomic mass is 10.1. The van der Waals surface area contributed by atoms with Crippen LogP contribution in [0, 0.1) is 23.2 Å². The summed E-state index contributed by atoms with van der Waals surface area (Å²) < 4.78 is 16.0. The fourth-order valence-corrected chi connectivity index (χ4v) is 2.01. The number of unbranched alkanes of at least 4 members (excludes halogenated alkanes) is 2. The Labute approximate surface area is 128 Å². The molecule has 0 atom stereocenters. The Morgan fingerprint density at radius 3 is 2.95 bits per heavy atom. The summed E-state index contributed by atoms with van der Waals surface area (Å²) in [5, 5.41) is 8.79. The average Bonchev–Trinajstić information content (AvgIpc) is 2.96. The third kappa shape index (κ3) is 3.95. The fourth-order valence-electron chi connectivity index (χ4n) is 1.81. The summed E-state index contributed by atoms with van der Waals surface area (Å²) >= 11 is 6.02. The summed E-state index contributed by atoms with van der Waals surface area (Å²) in [6.07, 6.45) is 2.26. The first-order chi connectivity index (χ1) is 10.2.